The van der Waals surface area contributed by atoms with Crippen molar-refractivity contribution in [2.24, 2.45) is 0 Å². The van der Waals surface area contributed by atoms with Crippen LogP contribution in [-0.4, -0.2) is 61.7 Å². The number of amides is 1. The Morgan fingerprint density at radius 1 is 1.06 bits per heavy atom. The van der Waals surface area contributed by atoms with E-state index in [9.17, 15) is 19.8 Å². The number of H-pyrrole nitrogens is 1. The highest BCUT2D eigenvalue weighted by molar-refractivity contribution is 5.95. The Hall–Kier alpha value is -4.78. The molecule has 246 valence electrons. The molecule has 1 atom stereocenters. The Morgan fingerprint density at radius 3 is 2.60 bits per heavy atom. The smallest absolute Gasteiger partial charge is 0.251 e. The number of nitrogens with one attached hydrogen (secondary N) is 4. The number of hydrogen-bond donors (Lipinski definition) is 6. The number of ether oxygens (including phenoxy) is 1. The number of rotatable bonds is 12. The van der Waals surface area contributed by atoms with Gasteiger partial charge in [-0.05, 0) is 61.6 Å². The van der Waals surface area contributed by atoms with Gasteiger partial charge in [-0.15, -0.1) is 0 Å². The lowest BCUT2D eigenvalue weighted by Crippen LogP contribution is -2.30. The summed E-state index contributed by atoms with van der Waals surface area (Å²) in [5.74, 6) is -0.231. The van der Waals surface area contributed by atoms with E-state index in [1.54, 1.807) is 24.3 Å². The fraction of sp³-hybridized carbons (Fsp3) is 0.371. The molecule has 6 rings (SSSR count). The number of benzene rings is 2. The molecule has 0 spiro atoms. The average molecular weight is 640 g/mol. The normalized spacial score (nSPS) is 14.4. The van der Waals surface area contributed by atoms with Crippen LogP contribution in [0.5, 0.6) is 5.75 Å². The van der Waals surface area contributed by atoms with E-state index in [0.717, 1.165) is 72.6 Å². The van der Waals surface area contributed by atoms with Crippen LogP contribution in [0.1, 0.15) is 65.5 Å². The van der Waals surface area contributed by atoms with Gasteiger partial charge in [0.2, 0.25) is 5.56 Å². The first-order valence-electron chi connectivity index (χ1n) is 16.2. The second-order valence-corrected chi connectivity index (χ2v) is 11.8. The molecule has 1 fully saturated rings. The van der Waals surface area contributed by atoms with Crippen molar-refractivity contribution >= 4 is 33.5 Å². The molecule has 1 amide bonds. The van der Waals surface area contributed by atoms with Gasteiger partial charge in [-0.25, -0.2) is 9.67 Å². The summed E-state index contributed by atoms with van der Waals surface area (Å²) in [6, 6.07) is 13.7. The number of fused-ring (bicyclic) bond motifs is 2. The molecule has 4 heterocycles. The summed E-state index contributed by atoms with van der Waals surface area (Å²) in [5.41, 5.74) is 5.79. The first-order chi connectivity index (χ1) is 22.9. The van der Waals surface area contributed by atoms with E-state index in [0.29, 0.717) is 35.1 Å². The summed E-state index contributed by atoms with van der Waals surface area (Å²) < 4.78 is 7.48. The zero-order chi connectivity index (χ0) is 32.9. The van der Waals surface area contributed by atoms with Gasteiger partial charge in [0, 0.05) is 73.7 Å². The number of aliphatic hydroxyl groups is 1. The topological polar surface area (TPSA) is 166 Å². The predicted molar refractivity (Wildman–Crippen MR) is 181 cm³/mol. The third-order valence-corrected chi connectivity index (χ3v) is 8.75. The van der Waals surface area contributed by atoms with Crippen LogP contribution in [0, 0.1) is 0 Å². The fourth-order valence-electron chi connectivity index (χ4n) is 6.16. The molecule has 6 N–H and O–H groups in total. The molecule has 12 heteroatoms. The number of aromatic hydroxyl groups is 1. The number of aliphatic hydroxyl groups excluding tert-OH is 1. The van der Waals surface area contributed by atoms with Gasteiger partial charge in [0.05, 0.1) is 28.9 Å². The number of anilines is 1. The first kappa shape index (κ1) is 32.2. The van der Waals surface area contributed by atoms with Gasteiger partial charge in [0.1, 0.15) is 5.75 Å². The number of nitrogens with zero attached hydrogens (tertiary/aromatic N) is 3. The first-order valence-corrected chi connectivity index (χ1v) is 16.2. The number of pyridine rings is 2. The molecular formula is C35H41N7O5. The van der Waals surface area contributed by atoms with Gasteiger partial charge in [0.15, 0.2) is 5.65 Å². The summed E-state index contributed by atoms with van der Waals surface area (Å²) in [7, 11) is 0. The van der Waals surface area contributed by atoms with Crippen molar-refractivity contribution in [1.82, 2.24) is 30.4 Å². The molecule has 1 saturated heterocycles. The average Bonchev–Trinajstić information content (AvgIpc) is 3.51. The zero-order valence-electron chi connectivity index (χ0n) is 26.7. The summed E-state index contributed by atoms with van der Waals surface area (Å²) >= 11 is 0. The van der Waals surface area contributed by atoms with Crippen LogP contribution in [0.15, 0.2) is 59.5 Å². The van der Waals surface area contributed by atoms with Gasteiger partial charge in [0.25, 0.3) is 5.91 Å². The summed E-state index contributed by atoms with van der Waals surface area (Å²) in [5, 5.41) is 37.2. The number of aromatic amines is 1. The van der Waals surface area contributed by atoms with Gasteiger partial charge < -0.3 is 35.9 Å². The van der Waals surface area contributed by atoms with E-state index in [-0.39, 0.29) is 29.8 Å². The van der Waals surface area contributed by atoms with Crippen molar-refractivity contribution in [3.8, 4) is 5.75 Å². The summed E-state index contributed by atoms with van der Waals surface area (Å²) in [6.45, 7) is 7.34. The van der Waals surface area contributed by atoms with Crippen LogP contribution >= 0.6 is 0 Å². The highest BCUT2D eigenvalue weighted by Gasteiger charge is 2.22. The SMILES string of the molecule is CCc1nc2c(cnn2CC)c(NC2CCOCC2)c1CNC(=O)c1ccc(CNCC(O)c2ccc(O)c3[nH]c(=O)ccc23)cc1. The van der Waals surface area contributed by atoms with Crippen molar-refractivity contribution in [3.63, 3.8) is 0 Å². The monoisotopic (exact) mass is 639 g/mol. The van der Waals surface area contributed by atoms with Crippen molar-refractivity contribution in [1.29, 1.82) is 0 Å². The number of carbonyl (C=O) groups excluding carboxylic acids is 1. The number of aryl methyl sites for hydroxylation is 2. The number of carbonyl (C=O) groups is 1. The lowest BCUT2D eigenvalue weighted by atomic mass is 10.0. The zero-order valence-corrected chi connectivity index (χ0v) is 26.7. The fourth-order valence-corrected chi connectivity index (χ4v) is 6.16. The second-order valence-electron chi connectivity index (χ2n) is 11.8. The number of phenolic OH excluding ortho intramolecular Hbond substituents is 1. The third-order valence-electron chi connectivity index (χ3n) is 8.75. The molecule has 0 radical (unpaired) electrons. The van der Waals surface area contributed by atoms with Crippen molar-refractivity contribution in [2.75, 3.05) is 25.1 Å². The van der Waals surface area contributed by atoms with Gasteiger partial charge in [-0.1, -0.05) is 25.1 Å². The van der Waals surface area contributed by atoms with E-state index in [1.807, 2.05) is 29.9 Å². The Kier molecular flexibility index (Phi) is 9.81. The van der Waals surface area contributed by atoms with Crippen LogP contribution in [0.3, 0.4) is 0 Å². The Balaban J connectivity index is 1.10. The minimum atomic E-state index is -0.863. The Morgan fingerprint density at radius 2 is 1.85 bits per heavy atom. The maximum absolute atomic E-state index is 13.3. The van der Waals surface area contributed by atoms with Crippen LogP contribution in [-0.2, 0) is 30.8 Å². The molecule has 1 aliphatic heterocycles. The largest absolute Gasteiger partial charge is 0.506 e. The molecule has 5 aromatic rings. The van der Waals surface area contributed by atoms with Crippen LogP contribution in [0.4, 0.5) is 5.69 Å². The number of hydrogen-bond acceptors (Lipinski definition) is 9. The molecule has 3 aromatic heterocycles. The van der Waals surface area contributed by atoms with E-state index in [4.69, 9.17) is 9.72 Å². The summed E-state index contributed by atoms with van der Waals surface area (Å²) in [4.78, 5) is 32.6. The molecule has 12 nitrogen and oxygen atoms in total. The van der Waals surface area contributed by atoms with E-state index < -0.39 is 6.10 Å². The molecule has 1 unspecified atom stereocenters. The molecule has 0 bridgehead atoms. The van der Waals surface area contributed by atoms with E-state index in [1.165, 1.54) is 12.1 Å². The minimum Gasteiger partial charge on any atom is -0.506 e. The number of aromatic nitrogens is 4. The molecule has 0 saturated carbocycles. The molecule has 47 heavy (non-hydrogen) atoms. The quantitative estimate of drug-likeness (QED) is 0.119. The Labute approximate surface area is 272 Å². The van der Waals surface area contributed by atoms with Crippen molar-refractivity contribution in [2.45, 2.75) is 64.9 Å². The maximum atomic E-state index is 13.3. The van der Waals surface area contributed by atoms with Gasteiger partial charge in [-0.2, -0.15) is 5.10 Å². The molecule has 2 aromatic carbocycles. The molecular weight excluding hydrogens is 598 g/mol. The van der Waals surface area contributed by atoms with E-state index >= 15 is 0 Å². The lowest BCUT2D eigenvalue weighted by molar-refractivity contribution is 0.0904. The van der Waals surface area contributed by atoms with Crippen molar-refractivity contribution < 1.29 is 19.7 Å². The van der Waals surface area contributed by atoms with Gasteiger partial charge >= 0.3 is 0 Å². The second kappa shape index (κ2) is 14.3. The highest BCUT2D eigenvalue weighted by Crippen LogP contribution is 2.32. The maximum Gasteiger partial charge on any atom is 0.251 e. The third kappa shape index (κ3) is 6.99. The van der Waals surface area contributed by atoms with Gasteiger partial charge in [-0.3, -0.25) is 9.59 Å². The Bertz CT molecular complexity index is 1930. The van der Waals surface area contributed by atoms with Crippen molar-refractivity contribution in [3.05, 3.63) is 93.0 Å². The summed E-state index contributed by atoms with van der Waals surface area (Å²) in [6.07, 6.45) is 3.54. The van der Waals surface area contributed by atoms with Crippen LogP contribution in [0.25, 0.3) is 21.9 Å². The van der Waals surface area contributed by atoms with Crippen LogP contribution < -0.4 is 21.5 Å². The molecule has 1 aliphatic rings. The number of phenols is 1. The molecule has 0 aliphatic carbocycles. The van der Waals surface area contributed by atoms with Crippen LogP contribution in [0.2, 0.25) is 0 Å². The van der Waals surface area contributed by atoms with E-state index in [2.05, 4.69) is 33.0 Å². The standard InChI is InChI=1S/C35H41N7O5/c1-3-28-26(32(39-23-13-15-47-16-14-23)27-19-38-42(4-2)34(27)40-28)18-37-35(46)22-7-5-21(6-8-22)17-36-20-30(44)24-9-11-29(43)33-25(24)10-12-31(45)41-33/h5-12,19,23,30,36,43-44H,3-4,13-18,20H2,1-2H3,(H,37,46)(H,39,40)(H,41,45). The lowest BCUT2D eigenvalue weighted by Gasteiger charge is -2.26. The predicted octanol–water partition coefficient (Wildman–Crippen LogP) is 3.90. The minimum absolute atomic E-state index is 0.0506. The highest BCUT2D eigenvalue weighted by atomic mass is 16.5.